The van der Waals surface area contributed by atoms with Gasteiger partial charge in [0.05, 0.1) is 17.1 Å². The third kappa shape index (κ3) is 1.95. The number of halogens is 2. The predicted molar refractivity (Wildman–Crippen MR) is 54.8 cm³/mol. The van der Waals surface area contributed by atoms with Crippen molar-refractivity contribution in [2.24, 2.45) is 0 Å². The van der Waals surface area contributed by atoms with Gasteiger partial charge in [-0.05, 0) is 34.5 Å². The number of methoxy groups -OCH3 is 1. The number of hydrogen-bond acceptors (Lipinski definition) is 2. The number of hydrogen-bond donors (Lipinski definition) is 0. The van der Waals surface area contributed by atoms with Crippen molar-refractivity contribution in [2.75, 3.05) is 7.11 Å². The molecule has 2 nitrogen and oxygen atoms in total. The third-order valence-electron chi connectivity index (χ3n) is 1.95. The molecule has 1 aromatic rings. The monoisotopic (exact) mass is 260 g/mol. The van der Waals surface area contributed by atoms with Crippen molar-refractivity contribution >= 4 is 21.9 Å². The molecule has 0 radical (unpaired) electrons. The molecule has 0 aromatic heterocycles. The molecule has 0 unspecified atom stereocenters. The lowest BCUT2D eigenvalue weighted by Gasteiger charge is -2.07. The smallest absolute Gasteiger partial charge is 0.338 e. The van der Waals surface area contributed by atoms with Gasteiger partial charge in [0, 0.05) is 5.56 Å². The molecule has 0 atom stereocenters. The topological polar surface area (TPSA) is 26.3 Å². The molecule has 0 aliphatic heterocycles. The summed E-state index contributed by atoms with van der Waals surface area (Å²) in [7, 11) is 1.28. The highest BCUT2D eigenvalue weighted by Crippen LogP contribution is 2.23. The first-order valence-corrected chi connectivity index (χ1v) is 4.96. The zero-order chi connectivity index (χ0) is 10.7. The van der Waals surface area contributed by atoms with Crippen LogP contribution in [0, 0.1) is 5.82 Å². The Bertz CT molecular complexity index is 363. The second kappa shape index (κ2) is 4.55. The van der Waals surface area contributed by atoms with Gasteiger partial charge in [0.25, 0.3) is 0 Å². The molecule has 76 valence electrons. The minimum absolute atomic E-state index is 0.288. The fraction of sp³-hybridized carbons (Fsp3) is 0.300. The third-order valence-corrected chi connectivity index (χ3v) is 2.57. The fourth-order valence-electron chi connectivity index (χ4n) is 1.24. The molecule has 0 saturated heterocycles. The molecule has 1 aromatic carbocycles. The Morgan fingerprint density at radius 2 is 2.21 bits per heavy atom. The highest BCUT2D eigenvalue weighted by Gasteiger charge is 2.16. The maximum absolute atomic E-state index is 13.5. The van der Waals surface area contributed by atoms with Crippen LogP contribution in [0.5, 0.6) is 0 Å². The Morgan fingerprint density at radius 1 is 1.57 bits per heavy atom. The van der Waals surface area contributed by atoms with E-state index in [0.29, 0.717) is 16.5 Å². The second-order valence-electron chi connectivity index (χ2n) is 2.73. The first kappa shape index (κ1) is 11.2. The van der Waals surface area contributed by atoms with Crippen LogP contribution >= 0.6 is 15.9 Å². The first-order chi connectivity index (χ1) is 6.61. The highest BCUT2D eigenvalue weighted by atomic mass is 79.9. The van der Waals surface area contributed by atoms with Gasteiger partial charge >= 0.3 is 5.97 Å². The molecule has 0 aliphatic carbocycles. The minimum atomic E-state index is -0.506. The van der Waals surface area contributed by atoms with Gasteiger partial charge in [-0.3, -0.25) is 0 Å². The van der Waals surface area contributed by atoms with Gasteiger partial charge in [-0.15, -0.1) is 0 Å². The number of esters is 1. The van der Waals surface area contributed by atoms with Gasteiger partial charge < -0.3 is 4.74 Å². The molecule has 0 saturated carbocycles. The number of carbonyl (C=O) groups excluding carboxylic acids is 1. The molecule has 0 aliphatic rings. The molecule has 0 fully saturated rings. The average Bonchev–Trinajstić information content (AvgIpc) is 2.20. The normalized spacial score (nSPS) is 10.0. The van der Waals surface area contributed by atoms with Gasteiger partial charge in [-0.2, -0.15) is 0 Å². The average molecular weight is 261 g/mol. The number of benzene rings is 1. The highest BCUT2D eigenvalue weighted by molar-refractivity contribution is 9.10. The zero-order valence-electron chi connectivity index (χ0n) is 7.93. The predicted octanol–water partition coefficient (Wildman–Crippen LogP) is 2.94. The van der Waals surface area contributed by atoms with Crippen molar-refractivity contribution < 1.29 is 13.9 Å². The Hall–Kier alpha value is -0.900. The van der Waals surface area contributed by atoms with E-state index in [2.05, 4.69) is 20.7 Å². The van der Waals surface area contributed by atoms with Crippen LogP contribution in [0.3, 0.4) is 0 Å². The molecule has 14 heavy (non-hydrogen) atoms. The Kier molecular flexibility index (Phi) is 3.63. The Labute approximate surface area is 90.2 Å². The Morgan fingerprint density at radius 3 is 2.71 bits per heavy atom. The van der Waals surface area contributed by atoms with E-state index >= 15 is 0 Å². The van der Waals surface area contributed by atoms with Crippen molar-refractivity contribution in [3.63, 3.8) is 0 Å². The summed E-state index contributed by atoms with van der Waals surface area (Å²) >= 11 is 3.06. The van der Waals surface area contributed by atoms with Crippen LogP contribution in [0.25, 0.3) is 0 Å². The SMILES string of the molecule is CCc1c(C(=O)OC)ccc(Br)c1F. The lowest BCUT2D eigenvalue weighted by molar-refractivity contribution is 0.0599. The summed E-state index contributed by atoms with van der Waals surface area (Å²) in [6.45, 7) is 1.79. The summed E-state index contributed by atoms with van der Waals surface area (Å²) in [5.74, 6) is -0.899. The molecular formula is C10H10BrFO2. The molecule has 0 heterocycles. The summed E-state index contributed by atoms with van der Waals surface area (Å²) in [6, 6.07) is 3.05. The Balaban J connectivity index is 3.31. The van der Waals surface area contributed by atoms with E-state index < -0.39 is 11.8 Å². The molecule has 1 rings (SSSR count). The number of carbonyl (C=O) groups is 1. The van der Waals surface area contributed by atoms with Gasteiger partial charge in [-0.1, -0.05) is 6.92 Å². The summed E-state index contributed by atoms with van der Waals surface area (Å²) < 4.78 is 18.4. The standard InChI is InChI=1S/C10H10BrFO2/c1-3-6-7(10(13)14-2)4-5-8(11)9(6)12/h4-5H,3H2,1-2H3. The van der Waals surface area contributed by atoms with Crippen LogP contribution in [0.1, 0.15) is 22.8 Å². The number of ether oxygens (including phenoxy) is 1. The van der Waals surface area contributed by atoms with Crippen molar-refractivity contribution in [1.29, 1.82) is 0 Å². The van der Waals surface area contributed by atoms with Crippen LogP contribution in [0.15, 0.2) is 16.6 Å². The van der Waals surface area contributed by atoms with E-state index in [4.69, 9.17) is 0 Å². The summed E-state index contributed by atoms with van der Waals surface area (Å²) in [5, 5.41) is 0. The summed E-state index contributed by atoms with van der Waals surface area (Å²) in [5.41, 5.74) is 0.668. The largest absolute Gasteiger partial charge is 0.465 e. The van der Waals surface area contributed by atoms with E-state index in [1.165, 1.54) is 13.2 Å². The van der Waals surface area contributed by atoms with Crippen LogP contribution in [0.2, 0.25) is 0 Å². The lowest BCUT2D eigenvalue weighted by atomic mass is 10.0. The quantitative estimate of drug-likeness (QED) is 0.765. The van der Waals surface area contributed by atoms with E-state index in [9.17, 15) is 9.18 Å². The van der Waals surface area contributed by atoms with Crippen molar-refractivity contribution in [3.8, 4) is 0 Å². The zero-order valence-corrected chi connectivity index (χ0v) is 9.52. The second-order valence-corrected chi connectivity index (χ2v) is 3.59. The summed E-state index contributed by atoms with van der Waals surface area (Å²) in [6.07, 6.45) is 0.454. The maximum atomic E-state index is 13.5. The fourth-order valence-corrected chi connectivity index (χ4v) is 1.61. The van der Waals surface area contributed by atoms with Crippen molar-refractivity contribution in [3.05, 3.63) is 33.5 Å². The molecule has 0 N–H and O–H groups in total. The first-order valence-electron chi connectivity index (χ1n) is 4.17. The van der Waals surface area contributed by atoms with Crippen molar-refractivity contribution in [1.82, 2.24) is 0 Å². The van der Waals surface area contributed by atoms with E-state index in [-0.39, 0.29) is 5.56 Å². The van der Waals surface area contributed by atoms with Gasteiger partial charge in [0.15, 0.2) is 0 Å². The molecule has 0 spiro atoms. The van der Waals surface area contributed by atoms with Crippen LogP contribution in [0.4, 0.5) is 4.39 Å². The van der Waals surface area contributed by atoms with Crippen molar-refractivity contribution in [2.45, 2.75) is 13.3 Å². The molecule has 0 amide bonds. The van der Waals surface area contributed by atoms with E-state index in [1.54, 1.807) is 13.0 Å². The molecule has 4 heteroatoms. The van der Waals surface area contributed by atoms with Gasteiger partial charge in [0.2, 0.25) is 0 Å². The van der Waals surface area contributed by atoms with E-state index in [1.807, 2.05) is 0 Å². The van der Waals surface area contributed by atoms with E-state index in [0.717, 1.165) is 0 Å². The minimum Gasteiger partial charge on any atom is -0.465 e. The van der Waals surface area contributed by atoms with Crippen LogP contribution in [-0.2, 0) is 11.2 Å². The van der Waals surface area contributed by atoms with Gasteiger partial charge in [0.1, 0.15) is 5.82 Å². The van der Waals surface area contributed by atoms with Crippen LogP contribution in [-0.4, -0.2) is 13.1 Å². The van der Waals surface area contributed by atoms with Gasteiger partial charge in [-0.25, -0.2) is 9.18 Å². The summed E-state index contributed by atoms with van der Waals surface area (Å²) in [4.78, 5) is 11.3. The van der Waals surface area contributed by atoms with Crippen LogP contribution < -0.4 is 0 Å². The lowest BCUT2D eigenvalue weighted by Crippen LogP contribution is -2.07. The molecule has 0 bridgehead atoms. The molecular weight excluding hydrogens is 251 g/mol. The maximum Gasteiger partial charge on any atom is 0.338 e. The number of rotatable bonds is 2.